The van der Waals surface area contributed by atoms with Gasteiger partial charge in [-0.05, 0) is 62.1 Å². The Morgan fingerprint density at radius 2 is 1.72 bits per heavy atom. The number of sulfonamides is 1. The molecule has 3 heterocycles. The first-order chi connectivity index (χ1) is 15.4. The lowest BCUT2D eigenvalue weighted by molar-refractivity contribution is -0.137. The van der Waals surface area contributed by atoms with Crippen LogP contribution in [0.25, 0.3) is 0 Å². The molecule has 2 aliphatic heterocycles. The van der Waals surface area contributed by atoms with Crippen molar-refractivity contribution in [1.29, 1.82) is 0 Å². The van der Waals surface area contributed by atoms with E-state index in [-0.39, 0.29) is 42.1 Å². The van der Waals surface area contributed by atoms with Gasteiger partial charge in [-0.3, -0.25) is 9.59 Å². The quantitative estimate of drug-likeness (QED) is 0.694. The fourth-order valence-electron chi connectivity index (χ4n) is 4.29. The molecule has 1 atom stereocenters. The summed E-state index contributed by atoms with van der Waals surface area (Å²) >= 11 is 0. The van der Waals surface area contributed by atoms with Crippen molar-refractivity contribution in [3.05, 3.63) is 54.2 Å². The maximum atomic E-state index is 13.3. The summed E-state index contributed by atoms with van der Waals surface area (Å²) in [4.78, 5) is 29.4. The average molecular weight is 464 g/mol. The molecule has 0 spiro atoms. The zero-order valence-electron chi connectivity index (χ0n) is 17.7. The molecule has 2 fully saturated rings. The second-order valence-corrected chi connectivity index (χ2v) is 9.96. The molecule has 2 aromatic rings. The number of nitrogens with zero attached hydrogens (tertiary/aromatic N) is 3. The smallest absolute Gasteiger partial charge is 0.290 e. The molecule has 0 saturated carbocycles. The molecular weight excluding hydrogens is 437 g/mol. The summed E-state index contributed by atoms with van der Waals surface area (Å²) in [7, 11) is -3.78. The third-order valence-electron chi connectivity index (χ3n) is 6.00. The number of likely N-dealkylation sites (tertiary alicyclic amines) is 1. The summed E-state index contributed by atoms with van der Waals surface area (Å²) in [5.41, 5.74) is 0. The summed E-state index contributed by atoms with van der Waals surface area (Å²) in [6.45, 7) is 1.54. The second kappa shape index (κ2) is 9.41. The van der Waals surface area contributed by atoms with Crippen LogP contribution in [0.4, 0.5) is 4.39 Å². The monoisotopic (exact) mass is 463 g/mol. The van der Waals surface area contributed by atoms with Crippen LogP contribution in [0.2, 0.25) is 0 Å². The predicted molar refractivity (Wildman–Crippen MR) is 114 cm³/mol. The molecule has 0 bridgehead atoms. The van der Waals surface area contributed by atoms with E-state index in [4.69, 9.17) is 4.42 Å². The molecule has 1 aromatic carbocycles. The fraction of sp³-hybridized carbons (Fsp3) is 0.455. The number of carbonyl (C=O) groups excluding carboxylic acids is 2. The first-order valence-electron chi connectivity index (χ1n) is 10.8. The molecule has 2 saturated heterocycles. The van der Waals surface area contributed by atoms with Gasteiger partial charge in [0.05, 0.1) is 11.2 Å². The van der Waals surface area contributed by atoms with Crippen LogP contribution in [0.5, 0.6) is 0 Å². The highest BCUT2D eigenvalue weighted by Gasteiger charge is 2.37. The Labute approximate surface area is 186 Å². The number of carbonyl (C=O) groups is 2. The highest BCUT2D eigenvalue weighted by molar-refractivity contribution is 7.89. The zero-order chi connectivity index (χ0) is 22.7. The minimum atomic E-state index is -3.78. The Kier molecular flexibility index (Phi) is 6.61. The van der Waals surface area contributed by atoms with Crippen LogP contribution in [0, 0.1) is 5.82 Å². The van der Waals surface area contributed by atoms with Crippen LogP contribution in [-0.4, -0.2) is 73.1 Å². The maximum Gasteiger partial charge on any atom is 0.290 e. The molecule has 4 rings (SSSR count). The molecule has 0 aliphatic carbocycles. The summed E-state index contributed by atoms with van der Waals surface area (Å²) < 4.78 is 45.6. The molecule has 0 radical (unpaired) electrons. The highest BCUT2D eigenvalue weighted by Crippen LogP contribution is 2.23. The molecule has 2 amide bonds. The van der Waals surface area contributed by atoms with E-state index in [0.717, 1.165) is 25.0 Å². The van der Waals surface area contributed by atoms with Crippen molar-refractivity contribution >= 4 is 21.8 Å². The minimum absolute atomic E-state index is 0.0289. The standard InChI is InChI=1S/C22H26FN3O5S/c23-17-7-9-18(10-8-17)32(29,30)25-12-4-11-24(14-15-25)21(27)19-5-1-2-13-26(19)22(28)20-6-3-16-31-20/h3,6-10,16,19H,1-2,4-5,11-15H2. The van der Waals surface area contributed by atoms with Crippen molar-refractivity contribution in [2.75, 3.05) is 32.7 Å². The largest absolute Gasteiger partial charge is 0.459 e. The maximum absolute atomic E-state index is 13.3. The Morgan fingerprint density at radius 3 is 2.44 bits per heavy atom. The van der Waals surface area contributed by atoms with Gasteiger partial charge in [0.15, 0.2) is 5.76 Å². The van der Waals surface area contributed by atoms with Crippen molar-refractivity contribution in [2.24, 2.45) is 0 Å². The van der Waals surface area contributed by atoms with E-state index in [1.54, 1.807) is 21.9 Å². The van der Waals surface area contributed by atoms with Crippen molar-refractivity contribution in [3.8, 4) is 0 Å². The Hall–Kier alpha value is -2.72. The molecule has 32 heavy (non-hydrogen) atoms. The van der Waals surface area contributed by atoms with Crippen molar-refractivity contribution in [1.82, 2.24) is 14.1 Å². The van der Waals surface area contributed by atoms with Crippen molar-refractivity contribution in [3.63, 3.8) is 0 Å². The van der Waals surface area contributed by atoms with E-state index < -0.39 is 21.9 Å². The summed E-state index contributed by atoms with van der Waals surface area (Å²) in [6.07, 6.45) is 4.14. The van der Waals surface area contributed by atoms with E-state index >= 15 is 0 Å². The molecular formula is C22H26FN3O5S. The SMILES string of the molecule is O=C(C1CCCCN1C(=O)c1ccco1)N1CCCN(S(=O)(=O)c2ccc(F)cc2)CC1. The molecule has 172 valence electrons. The van der Waals surface area contributed by atoms with Crippen LogP contribution >= 0.6 is 0 Å². The van der Waals surface area contributed by atoms with Gasteiger partial charge >= 0.3 is 0 Å². The zero-order valence-corrected chi connectivity index (χ0v) is 18.5. The van der Waals surface area contributed by atoms with Crippen LogP contribution in [0.1, 0.15) is 36.2 Å². The molecule has 0 N–H and O–H groups in total. The third kappa shape index (κ3) is 4.56. The normalized spacial score (nSPS) is 20.7. The highest BCUT2D eigenvalue weighted by atomic mass is 32.2. The molecule has 1 unspecified atom stereocenters. The van der Waals surface area contributed by atoms with Gasteiger partial charge in [-0.1, -0.05) is 0 Å². The van der Waals surface area contributed by atoms with E-state index in [1.165, 1.54) is 22.7 Å². The molecule has 2 aliphatic rings. The van der Waals surface area contributed by atoms with E-state index in [2.05, 4.69) is 0 Å². The Morgan fingerprint density at radius 1 is 0.938 bits per heavy atom. The number of piperidine rings is 1. The van der Waals surface area contributed by atoms with Gasteiger partial charge in [0.1, 0.15) is 11.9 Å². The fourth-order valence-corrected chi connectivity index (χ4v) is 5.76. The number of halogens is 1. The van der Waals surface area contributed by atoms with Crippen LogP contribution < -0.4 is 0 Å². The lowest BCUT2D eigenvalue weighted by atomic mass is 10.00. The first kappa shape index (κ1) is 22.5. The number of hydrogen-bond acceptors (Lipinski definition) is 5. The first-order valence-corrected chi connectivity index (χ1v) is 12.2. The molecule has 8 nitrogen and oxygen atoms in total. The van der Waals surface area contributed by atoms with Gasteiger partial charge < -0.3 is 14.2 Å². The van der Waals surface area contributed by atoms with Crippen LogP contribution in [0.15, 0.2) is 52.0 Å². The third-order valence-corrected chi connectivity index (χ3v) is 7.91. The topological polar surface area (TPSA) is 91.1 Å². The number of hydrogen-bond donors (Lipinski definition) is 0. The van der Waals surface area contributed by atoms with Crippen LogP contribution in [0.3, 0.4) is 0 Å². The second-order valence-electron chi connectivity index (χ2n) is 8.02. The average Bonchev–Trinajstić information content (AvgIpc) is 3.22. The van der Waals surface area contributed by atoms with E-state index in [1.807, 2.05) is 0 Å². The van der Waals surface area contributed by atoms with Gasteiger partial charge in [-0.2, -0.15) is 4.31 Å². The summed E-state index contributed by atoms with van der Waals surface area (Å²) in [5, 5.41) is 0. The Balaban J connectivity index is 1.45. The number of furan rings is 1. The number of amides is 2. The summed E-state index contributed by atoms with van der Waals surface area (Å²) in [6, 6.07) is 7.38. The van der Waals surface area contributed by atoms with Crippen molar-refractivity contribution < 1.29 is 26.8 Å². The summed E-state index contributed by atoms with van der Waals surface area (Å²) in [5.74, 6) is -0.760. The van der Waals surface area contributed by atoms with Gasteiger partial charge in [0.2, 0.25) is 15.9 Å². The van der Waals surface area contributed by atoms with E-state index in [0.29, 0.717) is 25.9 Å². The number of rotatable bonds is 4. The lowest BCUT2D eigenvalue weighted by Crippen LogP contribution is -2.53. The molecule has 1 aromatic heterocycles. The van der Waals surface area contributed by atoms with Gasteiger partial charge in [0.25, 0.3) is 5.91 Å². The van der Waals surface area contributed by atoms with Gasteiger partial charge in [-0.25, -0.2) is 12.8 Å². The lowest BCUT2D eigenvalue weighted by Gasteiger charge is -2.37. The van der Waals surface area contributed by atoms with Gasteiger partial charge in [-0.15, -0.1) is 0 Å². The molecule has 10 heteroatoms. The van der Waals surface area contributed by atoms with E-state index in [9.17, 15) is 22.4 Å². The predicted octanol–water partition coefficient (Wildman–Crippen LogP) is 2.34. The number of benzene rings is 1. The minimum Gasteiger partial charge on any atom is -0.459 e. The van der Waals surface area contributed by atoms with Crippen LogP contribution in [-0.2, 0) is 14.8 Å². The Bertz CT molecular complexity index is 1060. The van der Waals surface area contributed by atoms with Gasteiger partial charge in [0, 0.05) is 32.7 Å². The van der Waals surface area contributed by atoms with Crippen molar-refractivity contribution in [2.45, 2.75) is 36.6 Å².